The average molecular weight is 433 g/mol. The second-order valence-corrected chi connectivity index (χ2v) is 8.36. The van der Waals surface area contributed by atoms with Crippen LogP contribution >= 0.6 is 0 Å². The van der Waals surface area contributed by atoms with Crippen LogP contribution in [0.1, 0.15) is 71.3 Å². The van der Waals surface area contributed by atoms with Crippen molar-refractivity contribution in [1.82, 2.24) is 10.2 Å². The van der Waals surface area contributed by atoms with E-state index in [1.54, 1.807) is 0 Å². The summed E-state index contributed by atoms with van der Waals surface area (Å²) in [5, 5.41) is 3.13. The molecule has 0 saturated carbocycles. The van der Waals surface area contributed by atoms with E-state index in [0.29, 0.717) is 45.6 Å². The first-order valence-corrected chi connectivity index (χ1v) is 11.9. The Morgan fingerprint density at radius 1 is 1.03 bits per heavy atom. The van der Waals surface area contributed by atoms with Crippen LogP contribution in [0.4, 0.5) is 0 Å². The molecule has 0 aromatic heterocycles. The van der Waals surface area contributed by atoms with Crippen molar-refractivity contribution in [2.24, 2.45) is 0 Å². The molecule has 1 fully saturated rings. The van der Waals surface area contributed by atoms with Crippen molar-refractivity contribution in [3.63, 3.8) is 0 Å². The number of nitrogens with zero attached hydrogens (tertiary/aromatic N) is 1. The lowest BCUT2D eigenvalue weighted by molar-refractivity contribution is -0.131. The Labute approximate surface area is 187 Å². The molecule has 0 spiro atoms. The molecule has 6 nitrogen and oxygen atoms in total. The first-order valence-electron chi connectivity index (χ1n) is 11.9. The monoisotopic (exact) mass is 432 g/mol. The third kappa shape index (κ3) is 7.84. The van der Waals surface area contributed by atoms with Crippen LogP contribution in [0.5, 0.6) is 5.75 Å². The standard InChI is InChI=1S/C25H40N2O4/c1-4-16-27(17-5-2)24(29)9-7-8-23(28)26-20-25(14-18-30-19-15-25)21-10-12-22(13-11-21)31-6-3/h10-13H,4-9,14-20H2,1-3H3,(H,26,28). The van der Waals surface area contributed by atoms with Crippen molar-refractivity contribution >= 4 is 11.8 Å². The molecule has 1 heterocycles. The predicted molar refractivity (Wildman–Crippen MR) is 123 cm³/mol. The molecule has 1 aromatic carbocycles. The highest BCUT2D eigenvalue weighted by Gasteiger charge is 2.34. The Bertz CT molecular complexity index is 663. The highest BCUT2D eigenvalue weighted by molar-refractivity contribution is 5.79. The third-order valence-electron chi connectivity index (χ3n) is 5.99. The molecule has 31 heavy (non-hydrogen) atoms. The Morgan fingerprint density at radius 3 is 2.26 bits per heavy atom. The number of hydrogen-bond acceptors (Lipinski definition) is 4. The zero-order valence-electron chi connectivity index (χ0n) is 19.6. The van der Waals surface area contributed by atoms with Crippen LogP contribution in [0.25, 0.3) is 0 Å². The Morgan fingerprint density at radius 2 is 1.68 bits per heavy atom. The van der Waals surface area contributed by atoms with Gasteiger partial charge in [0.15, 0.2) is 0 Å². The van der Waals surface area contributed by atoms with Crippen LogP contribution in [0.3, 0.4) is 0 Å². The largest absolute Gasteiger partial charge is 0.494 e. The summed E-state index contributed by atoms with van der Waals surface area (Å²) in [6.45, 7) is 10.4. The number of amides is 2. The van der Waals surface area contributed by atoms with Gasteiger partial charge < -0.3 is 19.7 Å². The zero-order chi connectivity index (χ0) is 22.5. The summed E-state index contributed by atoms with van der Waals surface area (Å²) in [5.41, 5.74) is 1.09. The lowest BCUT2D eigenvalue weighted by Gasteiger charge is -2.38. The summed E-state index contributed by atoms with van der Waals surface area (Å²) in [4.78, 5) is 26.8. The summed E-state index contributed by atoms with van der Waals surface area (Å²) in [7, 11) is 0. The first kappa shape index (κ1) is 25.2. The normalized spacial score (nSPS) is 15.3. The minimum absolute atomic E-state index is 0.0159. The van der Waals surface area contributed by atoms with Gasteiger partial charge in [0.1, 0.15) is 5.75 Å². The molecule has 0 unspecified atom stereocenters. The highest BCUT2D eigenvalue weighted by Crippen LogP contribution is 2.35. The lowest BCUT2D eigenvalue weighted by Crippen LogP contribution is -2.44. The van der Waals surface area contributed by atoms with E-state index < -0.39 is 0 Å². The minimum atomic E-state index is -0.118. The van der Waals surface area contributed by atoms with E-state index in [1.807, 2.05) is 24.0 Å². The third-order valence-corrected chi connectivity index (χ3v) is 5.99. The van der Waals surface area contributed by atoms with Gasteiger partial charge in [0, 0.05) is 51.1 Å². The van der Waals surface area contributed by atoms with Crippen LogP contribution in [0.15, 0.2) is 24.3 Å². The quantitative estimate of drug-likeness (QED) is 0.510. The molecule has 2 rings (SSSR count). The van der Waals surface area contributed by atoms with Crippen LogP contribution in [-0.4, -0.2) is 56.2 Å². The van der Waals surface area contributed by atoms with Crippen LogP contribution < -0.4 is 10.1 Å². The maximum Gasteiger partial charge on any atom is 0.222 e. The second-order valence-electron chi connectivity index (χ2n) is 8.36. The van der Waals surface area contributed by atoms with E-state index in [-0.39, 0.29) is 17.2 Å². The molecule has 1 aromatic rings. The van der Waals surface area contributed by atoms with Gasteiger partial charge in [-0.05, 0) is 56.7 Å². The fourth-order valence-corrected chi connectivity index (χ4v) is 4.22. The zero-order valence-corrected chi connectivity index (χ0v) is 19.6. The van der Waals surface area contributed by atoms with E-state index in [9.17, 15) is 9.59 Å². The molecule has 0 aliphatic carbocycles. The average Bonchev–Trinajstić information content (AvgIpc) is 2.79. The molecule has 1 aliphatic rings. The molecule has 6 heteroatoms. The molecule has 1 saturated heterocycles. The van der Waals surface area contributed by atoms with Crippen molar-refractivity contribution in [3.8, 4) is 5.75 Å². The topological polar surface area (TPSA) is 67.9 Å². The highest BCUT2D eigenvalue weighted by atomic mass is 16.5. The number of carbonyl (C=O) groups is 2. The number of nitrogens with one attached hydrogen (secondary N) is 1. The van der Waals surface area contributed by atoms with Crippen molar-refractivity contribution in [2.45, 2.75) is 71.1 Å². The van der Waals surface area contributed by atoms with Crippen LogP contribution in [-0.2, 0) is 19.7 Å². The van der Waals surface area contributed by atoms with Gasteiger partial charge in [-0.1, -0.05) is 26.0 Å². The Hall–Kier alpha value is -2.08. The molecule has 174 valence electrons. The van der Waals surface area contributed by atoms with Crippen molar-refractivity contribution in [2.75, 3.05) is 39.5 Å². The van der Waals surface area contributed by atoms with Crippen LogP contribution in [0.2, 0.25) is 0 Å². The van der Waals surface area contributed by atoms with Crippen LogP contribution in [0, 0.1) is 0 Å². The molecular weight excluding hydrogens is 392 g/mol. The van der Waals surface area contributed by atoms with Gasteiger partial charge in [-0.15, -0.1) is 0 Å². The molecule has 0 atom stereocenters. The fraction of sp³-hybridized carbons (Fsp3) is 0.680. The van der Waals surface area contributed by atoms with E-state index in [0.717, 1.165) is 44.5 Å². The maximum atomic E-state index is 12.5. The van der Waals surface area contributed by atoms with Crippen molar-refractivity contribution in [3.05, 3.63) is 29.8 Å². The second kappa shape index (κ2) is 13.4. The summed E-state index contributed by atoms with van der Waals surface area (Å²) >= 11 is 0. The summed E-state index contributed by atoms with van der Waals surface area (Å²) in [6, 6.07) is 8.22. The Kier molecular flexibility index (Phi) is 10.9. The predicted octanol–water partition coefficient (Wildman–Crippen LogP) is 4.07. The number of hydrogen-bond donors (Lipinski definition) is 1. The van der Waals surface area contributed by atoms with E-state index in [1.165, 1.54) is 5.56 Å². The van der Waals surface area contributed by atoms with Crippen molar-refractivity contribution in [1.29, 1.82) is 0 Å². The number of carbonyl (C=O) groups excluding carboxylic acids is 2. The fourth-order valence-electron chi connectivity index (χ4n) is 4.22. The number of rotatable bonds is 13. The summed E-state index contributed by atoms with van der Waals surface area (Å²) < 4.78 is 11.2. The molecule has 2 amide bonds. The Balaban J connectivity index is 1.87. The van der Waals surface area contributed by atoms with Gasteiger partial charge >= 0.3 is 0 Å². The molecule has 1 N–H and O–H groups in total. The van der Waals surface area contributed by atoms with Gasteiger partial charge in [0.05, 0.1) is 6.61 Å². The smallest absolute Gasteiger partial charge is 0.222 e. The van der Waals surface area contributed by atoms with E-state index in [2.05, 4.69) is 31.3 Å². The molecular formula is C25H40N2O4. The van der Waals surface area contributed by atoms with Crippen molar-refractivity contribution < 1.29 is 19.1 Å². The molecule has 0 bridgehead atoms. The molecule has 1 aliphatic heterocycles. The van der Waals surface area contributed by atoms with Gasteiger partial charge in [0.25, 0.3) is 0 Å². The summed E-state index contributed by atoms with van der Waals surface area (Å²) in [6.07, 6.45) is 5.09. The van der Waals surface area contributed by atoms with Gasteiger partial charge in [-0.2, -0.15) is 0 Å². The number of benzene rings is 1. The van der Waals surface area contributed by atoms with E-state index >= 15 is 0 Å². The number of ether oxygens (including phenoxy) is 2. The maximum absolute atomic E-state index is 12.5. The minimum Gasteiger partial charge on any atom is -0.494 e. The lowest BCUT2D eigenvalue weighted by atomic mass is 9.74. The van der Waals surface area contributed by atoms with Gasteiger partial charge in [0.2, 0.25) is 11.8 Å². The van der Waals surface area contributed by atoms with E-state index in [4.69, 9.17) is 9.47 Å². The SMILES string of the molecule is CCCN(CCC)C(=O)CCCC(=O)NCC1(c2ccc(OCC)cc2)CCOCC1. The van der Waals surface area contributed by atoms with Gasteiger partial charge in [-0.25, -0.2) is 0 Å². The van der Waals surface area contributed by atoms with Gasteiger partial charge in [-0.3, -0.25) is 9.59 Å². The molecule has 0 radical (unpaired) electrons. The first-order chi connectivity index (χ1) is 15.0. The summed E-state index contributed by atoms with van der Waals surface area (Å²) in [5.74, 6) is 1.04.